The fourth-order valence-electron chi connectivity index (χ4n) is 3.81. The Kier molecular flexibility index (Phi) is 3.45. The number of aryl methyl sites for hydroxylation is 1. The molecule has 2 saturated heterocycles. The van der Waals surface area contributed by atoms with Gasteiger partial charge in [0.15, 0.2) is 6.19 Å². The summed E-state index contributed by atoms with van der Waals surface area (Å²) in [6.07, 6.45) is 7.92. The van der Waals surface area contributed by atoms with E-state index in [0.717, 1.165) is 24.9 Å². The van der Waals surface area contributed by atoms with E-state index in [-0.39, 0.29) is 18.0 Å². The van der Waals surface area contributed by atoms with Crippen molar-refractivity contribution < 1.29 is 4.79 Å². The number of hydrogen-bond acceptors (Lipinski definition) is 4. The quantitative estimate of drug-likeness (QED) is 0.800. The summed E-state index contributed by atoms with van der Waals surface area (Å²) in [6, 6.07) is -0.285. The fourth-order valence-corrected chi connectivity index (χ4v) is 3.81. The molecular formula is C14H20N6O. The average Bonchev–Trinajstić information content (AvgIpc) is 3.15. The first-order valence-electron chi connectivity index (χ1n) is 7.29. The molecule has 112 valence electrons. The van der Waals surface area contributed by atoms with E-state index in [1.54, 1.807) is 14.5 Å². The number of nitrogens with zero attached hydrogens (tertiary/aromatic N) is 5. The summed E-state index contributed by atoms with van der Waals surface area (Å²) >= 11 is 0. The van der Waals surface area contributed by atoms with Gasteiger partial charge in [-0.2, -0.15) is 10.4 Å². The lowest BCUT2D eigenvalue weighted by Crippen LogP contribution is -2.45. The van der Waals surface area contributed by atoms with Gasteiger partial charge in [0.1, 0.15) is 0 Å². The molecule has 0 aliphatic carbocycles. The lowest BCUT2D eigenvalue weighted by Gasteiger charge is -2.31. The molecule has 3 heterocycles. The molecule has 1 aromatic heterocycles. The molecule has 2 N–H and O–H groups in total. The Morgan fingerprint density at radius 1 is 1.48 bits per heavy atom. The number of likely N-dealkylation sites (tertiary alicyclic amines) is 2. The Hall–Kier alpha value is -2.23. The zero-order valence-electron chi connectivity index (χ0n) is 12.1. The van der Waals surface area contributed by atoms with Gasteiger partial charge in [-0.1, -0.05) is 0 Å². The zero-order chi connectivity index (χ0) is 15.0. The highest BCUT2D eigenvalue weighted by Gasteiger charge is 2.44. The molecule has 0 aromatic carbocycles. The van der Waals surface area contributed by atoms with Crippen LogP contribution < -0.4 is 5.73 Å². The van der Waals surface area contributed by atoms with Crippen molar-refractivity contribution >= 4 is 6.03 Å². The first-order valence-corrected chi connectivity index (χ1v) is 7.29. The minimum absolute atomic E-state index is 0.0741. The number of rotatable bonds is 2. The molecule has 7 heteroatoms. The summed E-state index contributed by atoms with van der Waals surface area (Å²) in [6.45, 7) is 2.16. The number of nitriles is 1. The monoisotopic (exact) mass is 288 g/mol. The molecule has 21 heavy (non-hydrogen) atoms. The van der Waals surface area contributed by atoms with Crippen LogP contribution in [0.25, 0.3) is 0 Å². The summed E-state index contributed by atoms with van der Waals surface area (Å²) < 4.78 is 1.79. The lowest BCUT2D eigenvalue weighted by molar-refractivity contribution is 0.177. The Labute approximate surface area is 123 Å². The largest absolute Gasteiger partial charge is 0.351 e. The molecule has 3 unspecified atom stereocenters. The number of hydrogen-bond donors (Lipinski definition) is 1. The van der Waals surface area contributed by atoms with Crippen molar-refractivity contribution in [2.24, 2.45) is 18.7 Å². The molecule has 3 rings (SSSR count). The molecule has 2 aliphatic rings. The summed E-state index contributed by atoms with van der Waals surface area (Å²) in [5, 5.41) is 13.3. The van der Waals surface area contributed by atoms with Crippen LogP contribution in [0.4, 0.5) is 4.79 Å². The molecule has 3 atom stereocenters. The van der Waals surface area contributed by atoms with Crippen LogP contribution in [0, 0.1) is 17.4 Å². The number of urea groups is 1. The highest BCUT2D eigenvalue weighted by atomic mass is 16.2. The maximum absolute atomic E-state index is 11.8. The molecule has 2 aliphatic heterocycles. The van der Waals surface area contributed by atoms with Gasteiger partial charge in [-0.05, 0) is 18.4 Å². The van der Waals surface area contributed by atoms with E-state index in [9.17, 15) is 4.79 Å². The number of carbonyl (C=O) groups is 1. The van der Waals surface area contributed by atoms with Gasteiger partial charge < -0.3 is 15.5 Å². The standard InChI is InChI=1S/C14H20N6O/c1-18-7-11(6-17-18)12-3-5-20(14(16)21)13(12)10-2-4-19(8-10)9-15/h6-7,10,12-13H,2-5,8H2,1H3,(H2,16,21). The number of nitrogens with two attached hydrogens (primary N) is 1. The predicted molar refractivity (Wildman–Crippen MR) is 75.9 cm³/mol. The molecule has 0 bridgehead atoms. The van der Waals surface area contributed by atoms with Crippen molar-refractivity contribution in [3.8, 4) is 6.19 Å². The van der Waals surface area contributed by atoms with E-state index in [4.69, 9.17) is 11.0 Å². The second-order valence-electron chi connectivity index (χ2n) is 5.96. The summed E-state index contributed by atoms with van der Waals surface area (Å²) in [4.78, 5) is 15.3. The zero-order valence-corrected chi connectivity index (χ0v) is 12.1. The maximum Gasteiger partial charge on any atom is 0.315 e. The normalized spacial score (nSPS) is 28.9. The van der Waals surface area contributed by atoms with Gasteiger partial charge in [-0.15, -0.1) is 0 Å². The SMILES string of the molecule is Cn1cc(C2CCN(C(N)=O)C2C2CCN(C#N)C2)cn1. The van der Waals surface area contributed by atoms with Crippen LogP contribution in [0.3, 0.4) is 0 Å². The minimum Gasteiger partial charge on any atom is -0.351 e. The van der Waals surface area contributed by atoms with E-state index < -0.39 is 0 Å². The van der Waals surface area contributed by atoms with Crippen LogP contribution in [0.1, 0.15) is 24.3 Å². The van der Waals surface area contributed by atoms with Gasteiger partial charge in [-0.3, -0.25) is 4.68 Å². The first-order chi connectivity index (χ1) is 10.1. The van der Waals surface area contributed by atoms with Crippen molar-refractivity contribution in [3.63, 3.8) is 0 Å². The van der Waals surface area contributed by atoms with Crippen LogP contribution in [-0.2, 0) is 7.05 Å². The Bertz CT molecular complexity index is 576. The van der Waals surface area contributed by atoms with E-state index in [2.05, 4.69) is 11.3 Å². The van der Waals surface area contributed by atoms with Crippen molar-refractivity contribution in [2.45, 2.75) is 24.8 Å². The van der Waals surface area contributed by atoms with E-state index >= 15 is 0 Å². The number of aromatic nitrogens is 2. The van der Waals surface area contributed by atoms with Gasteiger partial charge in [0.05, 0.1) is 6.20 Å². The number of carbonyl (C=O) groups excluding carboxylic acids is 1. The van der Waals surface area contributed by atoms with E-state index in [0.29, 0.717) is 19.0 Å². The Morgan fingerprint density at radius 3 is 2.86 bits per heavy atom. The summed E-state index contributed by atoms with van der Waals surface area (Å²) in [5.41, 5.74) is 6.71. The third kappa shape index (κ3) is 2.42. The topological polar surface area (TPSA) is 91.2 Å². The molecule has 1 aromatic rings. The van der Waals surface area contributed by atoms with Crippen molar-refractivity contribution in [1.82, 2.24) is 19.6 Å². The van der Waals surface area contributed by atoms with Gasteiger partial charge in [0.25, 0.3) is 0 Å². The average molecular weight is 288 g/mol. The Morgan fingerprint density at radius 2 is 2.29 bits per heavy atom. The summed E-state index contributed by atoms with van der Waals surface area (Å²) in [5.74, 6) is 0.555. The third-order valence-electron chi connectivity index (χ3n) is 4.74. The van der Waals surface area contributed by atoms with E-state index in [1.807, 2.05) is 19.4 Å². The molecule has 2 fully saturated rings. The second-order valence-corrected chi connectivity index (χ2v) is 5.96. The van der Waals surface area contributed by atoms with Crippen molar-refractivity contribution in [3.05, 3.63) is 18.0 Å². The van der Waals surface area contributed by atoms with Crippen molar-refractivity contribution in [1.29, 1.82) is 5.26 Å². The van der Waals surface area contributed by atoms with Crippen LogP contribution >= 0.6 is 0 Å². The first kappa shape index (κ1) is 13.7. The van der Waals surface area contributed by atoms with Crippen LogP contribution in [0.2, 0.25) is 0 Å². The molecule has 2 amide bonds. The predicted octanol–water partition coefficient (Wildman–Crippen LogP) is 0.460. The second kappa shape index (κ2) is 5.28. The van der Waals surface area contributed by atoms with Crippen LogP contribution in [0.5, 0.6) is 0 Å². The Balaban J connectivity index is 1.86. The minimum atomic E-state index is -0.359. The van der Waals surface area contributed by atoms with Gasteiger partial charge in [0.2, 0.25) is 0 Å². The lowest BCUT2D eigenvalue weighted by atomic mass is 9.85. The molecule has 0 spiro atoms. The van der Waals surface area contributed by atoms with Gasteiger partial charge in [0, 0.05) is 50.8 Å². The van der Waals surface area contributed by atoms with Crippen molar-refractivity contribution in [2.75, 3.05) is 19.6 Å². The maximum atomic E-state index is 11.8. The molecule has 0 radical (unpaired) electrons. The molecule has 0 saturated carbocycles. The molecule has 7 nitrogen and oxygen atoms in total. The van der Waals surface area contributed by atoms with Gasteiger partial charge in [-0.25, -0.2) is 4.79 Å². The fraction of sp³-hybridized carbons (Fsp3) is 0.643. The number of amides is 2. The van der Waals surface area contributed by atoms with Gasteiger partial charge >= 0.3 is 6.03 Å². The smallest absolute Gasteiger partial charge is 0.315 e. The highest BCUT2D eigenvalue weighted by Crippen LogP contribution is 2.40. The van der Waals surface area contributed by atoms with Crippen LogP contribution in [0.15, 0.2) is 12.4 Å². The van der Waals surface area contributed by atoms with Crippen LogP contribution in [-0.4, -0.2) is 51.3 Å². The third-order valence-corrected chi connectivity index (χ3v) is 4.74. The number of primary amides is 1. The molecular weight excluding hydrogens is 268 g/mol. The van der Waals surface area contributed by atoms with E-state index in [1.165, 1.54) is 0 Å². The highest BCUT2D eigenvalue weighted by molar-refractivity contribution is 5.73. The summed E-state index contributed by atoms with van der Waals surface area (Å²) in [7, 11) is 1.90.